The number of fused-ring (bicyclic) bond motifs is 3. The topological polar surface area (TPSA) is 129 Å². The summed E-state index contributed by atoms with van der Waals surface area (Å²) in [5.74, 6) is 0.113. The van der Waals surface area contributed by atoms with Gasteiger partial charge in [0.1, 0.15) is 12.2 Å². The zero-order valence-corrected chi connectivity index (χ0v) is 23.5. The van der Waals surface area contributed by atoms with E-state index in [0.717, 1.165) is 44.9 Å². The molecule has 1 heterocycles. The van der Waals surface area contributed by atoms with Crippen molar-refractivity contribution in [2.45, 2.75) is 88.6 Å². The highest BCUT2D eigenvalue weighted by Gasteiger charge is 2.51. The standard InChI is InChI=1S/C31H44N2O7/c1-3-4-5-9-12-26(36)33(18-20-10-7-6-8-11-20)24-17-23(31(38)32-13-14-34)27-22-15-21(19-35)16-25(39-2)29(22)40-30(27)28(24)37/h3,15-17,20,24,27-28,30,34-35,37H,1,4-14,18-19H2,2H3,(H,32,38). The summed E-state index contributed by atoms with van der Waals surface area (Å²) < 4.78 is 11.9. The van der Waals surface area contributed by atoms with Crippen molar-refractivity contribution in [2.24, 2.45) is 5.92 Å². The van der Waals surface area contributed by atoms with Gasteiger partial charge >= 0.3 is 0 Å². The molecule has 2 aliphatic carbocycles. The van der Waals surface area contributed by atoms with Crippen LogP contribution in [0.3, 0.4) is 0 Å². The first kappa shape index (κ1) is 30.1. The Morgan fingerprint density at radius 1 is 1.20 bits per heavy atom. The Labute approximate surface area is 236 Å². The number of unbranched alkanes of at least 4 members (excludes halogenated alkanes) is 2. The molecule has 2 amide bonds. The molecule has 40 heavy (non-hydrogen) atoms. The fraction of sp³-hybridized carbons (Fsp3) is 0.613. The first-order chi connectivity index (χ1) is 19.4. The van der Waals surface area contributed by atoms with Crippen LogP contribution < -0.4 is 14.8 Å². The second-order valence-corrected chi connectivity index (χ2v) is 11.1. The maximum Gasteiger partial charge on any atom is 0.247 e. The molecule has 3 aliphatic rings. The number of carbonyl (C=O) groups is 2. The predicted octanol–water partition coefficient (Wildman–Crippen LogP) is 2.97. The van der Waals surface area contributed by atoms with Crippen LogP contribution in [-0.2, 0) is 16.2 Å². The number of carbonyl (C=O) groups excluding carboxylic acids is 2. The summed E-state index contributed by atoms with van der Waals surface area (Å²) in [6.45, 7) is 3.91. The number of benzene rings is 1. The number of ether oxygens (including phenoxy) is 2. The summed E-state index contributed by atoms with van der Waals surface area (Å²) in [6, 6.07) is 2.70. The van der Waals surface area contributed by atoms with Crippen molar-refractivity contribution in [1.82, 2.24) is 10.2 Å². The number of methoxy groups -OCH3 is 1. The van der Waals surface area contributed by atoms with Crippen LogP contribution in [0.5, 0.6) is 11.5 Å². The summed E-state index contributed by atoms with van der Waals surface area (Å²) in [6.07, 6.45) is 9.94. The average molecular weight is 557 g/mol. The molecule has 1 saturated carbocycles. The minimum Gasteiger partial charge on any atom is -0.493 e. The van der Waals surface area contributed by atoms with E-state index in [9.17, 15) is 24.9 Å². The fourth-order valence-electron chi connectivity index (χ4n) is 6.37. The fourth-order valence-corrected chi connectivity index (χ4v) is 6.37. The van der Waals surface area contributed by atoms with Crippen LogP contribution in [0.15, 0.2) is 36.4 Å². The molecular formula is C31H44N2O7. The molecule has 4 N–H and O–H groups in total. The van der Waals surface area contributed by atoms with Crippen molar-refractivity contribution in [3.63, 3.8) is 0 Å². The molecule has 220 valence electrons. The lowest BCUT2D eigenvalue weighted by molar-refractivity contribution is -0.138. The van der Waals surface area contributed by atoms with Crippen LogP contribution in [-0.4, -0.2) is 77.1 Å². The Hall–Kier alpha value is -2.88. The van der Waals surface area contributed by atoms with Gasteiger partial charge in [0.15, 0.2) is 11.5 Å². The summed E-state index contributed by atoms with van der Waals surface area (Å²) >= 11 is 0. The minimum atomic E-state index is -1.09. The zero-order chi connectivity index (χ0) is 28.6. The van der Waals surface area contributed by atoms with E-state index < -0.39 is 24.2 Å². The highest BCUT2D eigenvalue weighted by atomic mass is 16.5. The van der Waals surface area contributed by atoms with E-state index in [4.69, 9.17) is 9.47 Å². The molecular weight excluding hydrogens is 512 g/mol. The smallest absolute Gasteiger partial charge is 0.247 e. The van der Waals surface area contributed by atoms with Gasteiger partial charge in [0.05, 0.1) is 32.3 Å². The van der Waals surface area contributed by atoms with Crippen molar-refractivity contribution < 1.29 is 34.4 Å². The quantitative estimate of drug-likeness (QED) is 0.217. The van der Waals surface area contributed by atoms with Crippen LogP contribution in [0, 0.1) is 5.92 Å². The van der Waals surface area contributed by atoms with Crippen LogP contribution in [0.25, 0.3) is 0 Å². The molecule has 4 rings (SSSR count). The van der Waals surface area contributed by atoms with Gasteiger partial charge in [0.2, 0.25) is 11.8 Å². The molecule has 0 bridgehead atoms. The van der Waals surface area contributed by atoms with Gasteiger partial charge in [-0.2, -0.15) is 0 Å². The summed E-state index contributed by atoms with van der Waals surface area (Å²) in [4.78, 5) is 29.0. The summed E-state index contributed by atoms with van der Waals surface area (Å²) in [5, 5.41) is 33.7. The largest absolute Gasteiger partial charge is 0.493 e. The third kappa shape index (κ3) is 6.53. The highest BCUT2D eigenvalue weighted by Crippen LogP contribution is 2.51. The van der Waals surface area contributed by atoms with Gasteiger partial charge < -0.3 is 35.0 Å². The molecule has 0 saturated heterocycles. The molecule has 1 aromatic carbocycles. The third-order valence-corrected chi connectivity index (χ3v) is 8.40. The van der Waals surface area contributed by atoms with Crippen LogP contribution in [0.2, 0.25) is 0 Å². The van der Waals surface area contributed by atoms with Gasteiger partial charge in [-0.25, -0.2) is 0 Å². The van der Waals surface area contributed by atoms with E-state index in [2.05, 4.69) is 11.9 Å². The molecule has 9 heteroatoms. The lowest BCUT2D eigenvalue weighted by Crippen LogP contribution is -2.56. The number of aliphatic hydroxyl groups is 3. The Bertz CT molecular complexity index is 1080. The van der Waals surface area contributed by atoms with Crippen molar-refractivity contribution in [3.8, 4) is 11.5 Å². The zero-order valence-electron chi connectivity index (χ0n) is 23.5. The molecule has 1 aliphatic heterocycles. The lowest BCUT2D eigenvalue weighted by atomic mass is 9.76. The van der Waals surface area contributed by atoms with E-state index in [1.807, 2.05) is 6.08 Å². The van der Waals surface area contributed by atoms with Gasteiger partial charge in [-0.05, 0) is 61.8 Å². The molecule has 4 unspecified atom stereocenters. The number of hydrogen-bond acceptors (Lipinski definition) is 7. The number of allylic oxidation sites excluding steroid dienone is 1. The number of aliphatic hydroxyl groups excluding tert-OH is 3. The summed E-state index contributed by atoms with van der Waals surface area (Å²) in [5.41, 5.74) is 1.61. The Morgan fingerprint density at radius 2 is 1.98 bits per heavy atom. The van der Waals surface area contributed by atoms with Crippen molar-refractivity contribution >= 4 is 11.8 Å². The van der Waals surface area contributed by atoms with Crippen LogP contribution in [0.1, 0.15) is 74.8 Å². The maximum atomic E-state index is 13.7. The number of rotatable bonds is 13. The van der Waals surface area contributed by atoms with E-state index >= 15 is 0 Å². The number of nitrogens with zero attached hydrogens (tertiary/aromatic N) is 1. The van der Waals surface area contributed by atoms with Crippen molar-refractivity contribution in [3.05, 3.63) is 47.6 Å². The van der Waals surface area contributed by atoms with E-state index in [1.54, 1.807) is 23.1 Å². The molecule has 0 aromatic heterocycles. The Balaban J connectivity index is 1.73. The molecule has 0 spiro atoms. The van der Waals surface area contributed by atoms with Gasteiger partial charge in [0, 0.05) is 30.6 Å². The number of hydrogen-bond donors (Lipinski definition) is 4. The van der Waals surface area contributed by atoms with Gasteiger partial charge in [0.25, 0.3) is 0 Å². The SMILES string of the molecule is C=CCCCCC(=O)N(CC1CCCCC1)C1C=C(C(=O)NCCO)C2c3cc(CO)cc(OC)c3OC2C1O. The number of amides is 2. The van der Waals surface area contributed by atoms with E-state index in [0.29, 0.717) is 47.1 Å². The second-order valence-electron chi connectivity index (χ2n) is 11.1. The van der Waals surface area contributed by atoms with Crippen LogP contribution >= 0.6 is 0 Å². The first-order valence-electron chi connectivity index (χ1n) is 14.6. The van der Waals surface area contributed by atoms with Crippen molar-refractivity contribution in [1.29, 1.82) is 0 Å². The summed E-state index contributed by atoms with van der Waals surface area (Å²) in [7, 11) is 1.50. The van der Waals surface area contributed by atoms with E-state index in [1.165, 1.54) is 13.5 Å². The monoisotopic (exact) mass is 556 g/mol. The molecule has 9 nitrogen and oxygen atoms in total. The molecule has 0 radical (unpaired) electrons. The van der Waals surface area contributed by atoms with E-state index in [-0.39, 0.29) is 31.6 Å². The number of nitrogens with one attached hydrogen (secondary N) is 1. The van der Waals surface area contributed by atoms with Gasteiger partial charge in [-0.3, -0.25) is 9.59 Å². The lowest BCUT2D eigenvalue weighted by Gasteiger charge is -2.42. The highest BCUT2D eigenvalue weighted by molar-refractivity contribution is 5.96. The maximum absolute atomic E-state index is 13.7. The molecule has 4 atom stereocenters. The Morgan fingerprint density at radius 3 is 2.65 bits per heavy atom. The van der Waals surface area contributed by atoms with Crippen molar-refractivity contribution in [2.75, 3.05) is 26.8 Å². The first-order valence-corrected chi connectivity index (χ1v) is 14.6. The molecule has 1 fully saturated rings. The van der Waals surface area contributed by atoms with Gasteiger partial charge in [-0.15, -0.1) is 6.58 Å². The van der Waals surface area contributed by atoms with Crippen LogP contribution in [0.4, 0.5) is 0 Å². The third-order valence-electron chi connectivity index (χ3n) is 8.40. The molecule has 1 aromatic rings. The predicted molar refractivity (Wildman–Crippen MR) is 151 cm³/mol. The van der Waals surface area contributed by atoms with Gasteiger partial charge in [-0.1, -0.05) is 25.3 Å². The Kier molecular flexibility index (Phi) is 10.6. The average Bonchev–Trinajstić information content (AvgIpc) is 3.37. The normalized spacial score (nSPS) is 23.9. The minimum absolute atomic E-state index is 0.0424. The second kappa shape index (κ2) is 14.1.